The Balaban J connectivity index is 1.68. The van der Waals surface area contributed by atoms with Crippen LogP contribution in [-0.2, 0) is 27.6 Å². The molecule has 1 N–H and O–H groups in total. The molecule has 1 aromatic carbocycles. The fourth-order valence-corrected chi connectivity index (χ4v) is 4.96. The van der Waals surface area contributed by atoms with Crippen molar-refractivity contribution in [3.05, 3.63) is 59.3 Å². The number of hydrogen-bond acceptors (Lipinski definition) is 5. The SMILES string of the molecule is CC(O)(c1ccc(CS(=O)(=O)N2CCN(c3ncccc3C(F)(F)F)CC2)cc1)C(F)(F)F. The van der Waals surface area contributed by atoms with Gasteiger partial charge in [-0.3, -0.25) is 0 Å². The molecule has 0 aliphatic carbocycles. The second-order valence-corrected chi connectivity index (χ2v) is 9.75. The van der Waals surface area contributed by atoms with E-state index >= 15 is 0 Å². The van der Waals surface area contributed by atoms with Crippen LogP contribution in [0.5, 0.6) is 0 Å². The van der Waals surface area contributed by atoms with Crippen molar-refractivity contribution in [2.75, 3.05) is 31.1 Å². The van der Waals surface area contributed by atoms with Crippen molar-refractivity contribution < 1.29 is 39.9 Å². The highest BCUT2D eigenvalue weighted by molar-refractivity contribution is 7.88. The molecule has 1 saturated heterocycles. The van der Waals surface area contributed by atoms with Crippen molar-refractivity contribution in [3.63, 3.8) is 0 Å². The van der Waals surface area contributed by atoms with E-state index in [-0.39, 0.29) is 37.6 Å². The first-order chi connectivity index (χ1) is 15.1. The fourth-order valence-electron chi connectivity index (χ4n) is 3.44. The lowest BCUT2D eigenvalue weighted by atomic mass is 9.95. The number of hydrogen-bond donors (Lipinski definition) is 1. The van der Waals surface area contributed by atoms with Crippen LogP contribution in [0.15, 0.2) is 42.6 Å². The number of nitrogens with zero attached hydrogens (tertiary/aromatic N) is 3. The fraction of sp³-hybridized carbons (Fsp3) is 0.450. The van der Waals surface area contributed by atoms with Gasteiger partial charge in [0, 0.05) is 32.4 Å². The number of pyridine rings is 1. The lowest BCUT2D eigenvalue weighted by Gasteiger charge is -2.35. The topological polar surface area (TPSA) is 73.7 Å². The first-order valence-electron chi connectivity index (χ1n) is 9.76. The molecule has 0 amide bonds. The van der Waals surface area contributed by atoms with Crippen molar-refractivity contribution >= 4 is 15.8 Å². The Morgan fingerprint density at radius 3 is 2.06 bits per heavy atom. The lowest BCUT2D eigenvalue weighted by Crippen LogP contribution is -2.49. The van der Waals surface area contributed by atoms with E-state index in [9.17, 15) is 39.9 Å². The minimum absolute atomic E-state index is 0.00723. The molecule has 0 bridgehead atoms. The molecule has 1 atom stereocenters. The van der Waals surface area contributed by atoms with Gasteiger partial charge in [0.2, 0.25) is 10.0 Å². The maximum atomic E-state index is 13.2. The van der Waals surface area contributed by atoms with Crippen molar-refractivity contribution in [2.24, 2.45) is 0 Å². The molecule has 33 heavy (non-hydrogen) atoms. The van der Waals surface area contributed by atoms with Gasteiger partial charge in [-0.15, -0.1) is 0 Å². The summed E-state index contributed by atoms with van der Waals surface area (Å²) in [5, 5.41) is 9.71. The van der Waals surface area contributed by atoms with Crippen LogP contribution in [0, 0.1) is 0 Å². The highest BCUT2D eigenvalue weighted by atomic mass is 32.2. The normalized spacial score (nSPS) is 18.2. The molecule has 182 valence electrons. The number of piperazine rings is 1. The van der Waals surface area contributed by atoms with Gasteiger partial charge >= 0.3 is 12.4 Å². The van der Waals surface area contributed by atoms with Gasteiger partial charge in [-0.05, 0) is 30.2 Å². The third-order valence-electron chi connectivity index (χ3n) is 5.44. The quantitative estimate of drug-likeness (QED) is 0.640. The number of halogens is 6. The zero-order valence-corrected chi connectivity index (χ0v) is 18.2. The summed E-state index contributed by atoms with van der Waals surface area (Å²) in [6.07, 6.45) is -8.27. The van der Waals surface area contributed by atoms with E-state index in [0.29, 0.717) is 6.92 Å². The van der Waals surface area contributed by atoms with Gasteiger partial charge in [0.15, 0.2) is 5.60 Å². The summed E-state index contributed by atoms with van der Waals surface area (Å²) < 4.78 is 105. The van der Waals surface area contributed by atoms with E-state index < -0.39 is 44.9 Å². The number of sulfonamides is 1. The summed E-state index contributed by atoms with van der Waals surface area (Å²) in [7, 11) is -3.88. The van der Waals surface area contributed by atoms with Gasteiger partial charge in [0.05, 0.1) is 11.3 Å². The highest BCUT2D eigenvalue weighted by Crippen LogP contribution is 2.38. The first-order valence-corrected chi connectivity index (χ1v) is 11.4. The number of aromatic nitrogens is 1. The molecule has 1 unspecified atom stereocenters. The van der Waals surface area contributed by atoms with Crippen molar-refractivity contribution in [1.82, 2.24) is 9.29 Å². The van der Waals surface area contributed by atoms with Crippen LogP contribution >= 0.6 is 0 Å². The predicted octanol–water partition coefficient (Wildman–Crippen LogP) is 3.52. The Morgan fingerprint density at radius 1 is 0.970 bits per heavy atom. The second-order valence-electron chi connectivity index (χ2n) is 7.78. The van der Waals surface area contributed by atoms with E-state index in [2.05, 4.69) is 4.98 Å². The molecule has 1 fully saturated rings. The summed E-state index contributed by atoms with van der Waals surface area (Å²) in [6.45, 7) is 0.442. The monoisotopic (exact) mass is 497 g/mol. The van der Waals surface area contributed by atoms with E-state index in [1.54, 1.807) is 0 Å². The second kappa shape index (κ2) is 8.76. The Bertz CT molecular complexity index is 1080. The smallest absolute Gasteiger partial charge is 0.376 e. The van der Waals surface area contributed by atoms with E-state index in [4.69, 9.17) is 0 Å². The first kappa shape index (κ1) is 25.2. The molecule has 0 saturated carbocycles. The Hall–Kier alpha value is -2.38. The summed E-state index contributed by atoms with van der Waals surface area (Å²) >= 11 is 0. The molecule has 2 aromatic rings. The maximum absolute atomic E-state index is 13.2. The predicted molar refractivity (Wildman–Crippen MR) is 108 cm³/mol. The Labute approximate surface area is 186 Å². The zero-order chi connectivity index (χ0) is 24.7. The molecule has 1 aromatic heterocycles. The van der Waals surface area contributed by atoms with Gasteiger partial charge in [0.25, 0.3) is 0 Å². The number of benzene rings is 1. The molecule has 13 heteroatoms. The number of rotatable bonds is 5. The standard InChI is InChI=1S/C20H21F6N3O3S/c1-18(30,20(24,25)26)15-6-4-14(5-7-15)13-33(31,32)29-11-9-28(10-12-29)17-16(19(21,22)23)3-2-8-27-17/h2-8,30H,9-13H2,1H3. The Kier molecular flexibility index (Phi) is 6.70. The van der Waals surface area contributed by atoms with Crippen molar-refractivity contribution in [3.8, 4) is 0 Å². The summed E-state index contributed by atoms with van der Waals surface area (Å²) in [5.41, 5.74) is -4.21. The van der Waals surface area contributed by atoms with Crippen molar-refractivity contribution in [2.45, 2.75) is 30.6 Å². The highest BCUT2D eigenvalue weighted by Gasteiger charge is 2.51. The molecule has 6 nitrogen and oxygen atoms in total. The lowest BCUT2D eigenvalue weighted by molar-refractivity contribution is -0.258. The van der Waals surface area contributed by atoms with Crippen LogP contribution in [0.3, 0.4) is 0 Å². The van der Waals surface area contributed by atoms with E-state index in [1.165, 1.54) is 29.3 Å². The van der Waals surface area contributed by atoms with Crippen LogP contribution < -0.4 is 4.90 Å². The zero-order valence-electron chi connectivity index (χ0n) is 17.4. The van der Waals surface area contributed by atoms with Gasteiger partial charge in [-0.25, -0.2) is 13.4 Å². The van der Waals surface area contributed by atoms with Crippen LogP contribution in [0.25, 0.3) is 0 Å². The number of alkyl halides is 6. The summed E-state index contributed by atoms with van der Waals surface area (Å²) in [5.74, 6) is -0.770. The number of anilines is 1. The van der Waals surface area contributed by atoms with Crippen molar-refractivity contribution in [1.29, 1.82) is 0 Å². The Morgan fingerprint density at radius 2 is 1.55 bits per heavy atom. The molecule has 2 heterocycles. The minimum atomic E-state index is -4.90. The van der Waals surface area contributed by atoms with Gasteiger partial charge in [0.1, 0.15) is 5.82 Å². The molecule has 1 aliphatic heterocycles. The third-order valence-corrected chi connectivity index (χ3v) is 7.29. The largest absolute Gasteiger partial charge is 0.421 e. The van der Waals surface area contributed by atoms with E-state index in [1.807, 2.05) is 0 Å². The van der Waals surface area contributed by atoms with Gasteiger partial charge < -0.3 is 10.0 Å². The molecular weight excluding hydrogens is 476 g/mol. The molecule has 0 radical (unpaired) electrons. The van der Waals surface area contributed by atoms with Crippen LogP contribution in [-0.4, -0.2) is 55.2 Å². The van der Waals surface area contributed by atoms with Crippen LogP contribution in [0.1, 0.15) is 23.6 Å². The van der Waals surface area contributed by atoms with Crippen LogP contribution in [0.2, 0.25) is 0 Å². The molecule has 0 spiro atoms. The molecule has 1 aliphatic rings. The number of aliphatic hydroxyl groups is 1. The molecular formula is C20H21F6N3O3S. The van der Waals surface area contributed by atoms with Gasteiger partial charge in [-0.2, -0.15) is 30.6 Å². The maximum Gasteiger partial charge on any atom is 0.421 e. The minimum Gasteiger partial charge on any atom is -0.376 e. The average Bonchev–Trinajstić information content (AvgIpc) is 2.72. The van der Waals surface area contributed by atoms with Crippen LogP contribution in [0.4, 0.5) is 32.2 Å². The summed E-state index contributed by atoms with van der Waals surface area (Å²) in [4.78, 5) is 5.17. The molecule has 3 rings (SSSR count). The van der Waals surface area contributed by atoms with Gasteiger partial charge in [-0.1, -0.05) is 24.3 Å². The average molecular weight is 497 g/mol. The summed E-state index contributed by atoms with van der Waals surface area (Å²) in [6, 6.07) is 6.48. The van der Waals surface area contributed by atoms with E-state index in [0.717, 1.165) is 22.5 Å². The third kappa shape index (κ3) is 5.41.